The molecule has 3 rings (SSSR count). The van der Waals surface area contributed by atoms with Crippen molar-refractivity contribution in [2.75, 3.05) is 19.0 Å². The molecule has 0 aliphatic heterocycles. The second-order valence-corrected chi connectivity index (χ2v) is 6.88. The maximum absolute atomic E-state index is 5.47. The number of para-hydroxylation sites is 2. The van der Waals surface area contributed by atoms with E-state index in [1.54, 1.807) is 7.11 Å². The zero-order valence-corrected chi connectivity index (χ0v) is 14.7. The molecule has 1 aliphatic carbocycles. The number of ether oxygens (including phenoxy) is 1. The molecule has 1 atom stereocenters. The molecule has 0 aromatic heterocycles. The third kappa shape index (κ3) is 3.90. The molecule has 1 saturated carbocycles. The van der Waals surface area contributed by atoms with Crippen LogP contribution in [-0.4, -0.2) is 19.7 Å². The van der Waals surface area contributed by atoms with Gasteiger partial charge in [-0.2, -0.15) is 0 Å². The Bertz CT molecular complexity index is 637. The number of hydrogen-bond donors (Lipinski definition) is 2. The third-order valence-corrected chi connectivity index (χ3v) is 5.03. The van der Waals surface area contributed by atoms with Gasteiger partial charge in [0, 0.05) is 12.6 Å². The Balaban J connectivity index is 1.79. The Morgan fingerprint density at radius 2 is 1.67 bits per heavy atom. The Morgan fingerprint density at radius 1 is 1.00 bits per heavy atom. The molecule has 0 saturated heterocycles. The zero-order valence-electron chi connectivity index (χ0n) is 14.7. The number of methoxy groups -OCH3 is 1. The van der Waals surface area contributed by atoms with Crippen molar-refractivity contribution in [3.05, 3.63) is 60.2 Å². The van der Waals surface area contributed by atoms with E-state index in [9.17, 15) is 0 Å². The first-order valence-corrected chi connectivity index (χ1v) is 8.91. The molecule has 0 amide bonds. The summed E-state index contributed by atoms with van der Waals surface area (Å²) in [6.45, 7) is 3.11. The van der Waals surface area contributed by atoms with Crippen LogP contribution in [0, 0.1) is 0 Å². The topological polar surface area (TPSA) is 33.3 Å². The highest BCUT2D eigenvalue weighted by Gasteiger charge is 2.30. The molecular formula is C21H28N2O. The average Bonchev–Trinajstić information content (AvgIpc) is 3.14. The van der Waals surface area contributed by atoms with E-state index in [-0.39, 0.29) is 5.54 Å². The van der Waals surface area contributed by atoms with E-state index in [1.807, 2.05) is 18.2 Å². The van der Waals surface area contributed by atoms with Crippen molar-refractivity contribution in [3.8, 4) is 5.75 Å². The zero-order chi connectivity index (χ0) is 16.8. The van der Waals surface area contributed by atoms with Gasteiger partial charge < -0.3 is 15.4 Å². The maximum atomic E-state index is 5.47. The van der Waals surface area contributed by atoms with Gasteiger partial charge in [0.2, 0.25) is 0 Å². The van der Waals surface area contributed by atoms with Crippen LogP contribution in [0.1, 0.15) is 38.2 Å². The van der Waals surface area contributed by atoms with Gasteiger partial charge in [-0.3, -0.25) is 0 Å². The summed E-state index contributed by atoms with van der Waals surface area (Å²) in [5.41, 5.74) is 2.24. The predicted octanol–water partition coefficient (Wildman–Crippen LogP) is 4.55. The van der Waals surface area contributed by atoms with Crippen LogP contribution in [0.25, 0.3) is 0 Å². The normalized spacial score (nSPS) is 17.4. The molecule has 0 radical (unpaired) electrons. The largest absolute Gasteiger partial charge is 0.495 e. The fourth-order valence-corrected chi connectivity index (χ4v) is 3.63. The quantitative estimate of drug-likeness (QED) is 0.783. The Kier molecular flexibility index (Phi) is 5.41. The van der Waals surface area contributed by atoms with Gasteiger partial charge in [0.05, 0.1) is 18.3 Å². The lowest BCUT2D eigenvalue weighted by atomic mass is 9.90. The second-order valence-electron chi connectivity index (χ2n) is 6.88. The lowest BCUT2D eigenvalue weighted by Crippen LogP contribution is -2.49. The molecule has 0 bridgehead atoms. The Hall–Kier alpha value is -2.00. The van der Waals surface area contributed by atoms with Gasteiger partial charge in [-0.25, -0.2) is 0 Å². The maximum Gasteiger partial charge on any atom is 0.141 e. The number of rotatable bonds is 7. The van der Waals surface area contributed by atoms with Gasteiger partial charge in [0.1, 0.15) is 5.75 Å². The van der Waals surface area contributed by atoms with Crippen LogP contribution >= 0.6 is 0 Å². The molecule has 24 heavy (non-hydrogen) atoms. The molecule has 2 aromatic carbocycles. The summed E-state index contributed by atoms with van der Waals surface area (Å²) in [7, 11) is 1.72. The van der Waals surface area contributed by atoms with Crippen molar-refractivity contribution in [1.29, 1.82) is 0 Å². The van der Waals surface area contributed by atoms with E-state index in [4.69, 9.17) is 4.74 Å². The van der Waals surface area contributed by atoms with E-state index >= 15 is 0 Å². The summed E-state index contributed by atoms with van der Waals surface area (Å²) >= 11 is 0. The Labute approximate surface area is 145 Å². The fraction of sp³-hybridized carbons (Fsp3) is 0.429. The second kappa shape index (κ2) is 7.71. The SMILES string of the molecule is COc1ccccc1NCC(C)(NC1CCCC1)c1ccccc1. The van der Waals surface area contributed by atoms with Gasteiger partial charge in [0.25, 0.3) is 0 Å². The molecule has 1 unspecified atom stereocenters. The van der Waals surface area contributed by atoms with Gasteiger partial charge in [-0.1, -0.05) is 55.3 Å². The number of hydrogen-bond acceptors (Lipinski definition) is 3. The van der Waals surface area contributed by atoms with E-state index in [0.717, 1.165) is 18.0 Å². The lowest BCUT2D eigenvalue weighted by molar-refractivity contribution is 0.329. The predicted molar refractivity (Wildman–Crippen MR) is 101 cm³/mol. The number of nitrogens with one attached hydrogen (secondary N) is 2. The highest BCUT2D eigenvalue weighted by molar-refractivity contribution is 5.56. The minimum atomic E-state index is -0.114. The van der Waals surface area contributed by atoms with E-state index < -0.39 is 0 Å². The van der Waals surface area contributed by atoms with E-state index in [0.29, 0.717) is 6.04 Å². The molecule has 2 aromatic rings. The summed E-state index contributed by atoms with van der Waals surface area (Å²) in [4.78, 5) is 0. The number of benzene rings is 2. The first-order chi connectivity index (χ1) is 11.7. The van der Waals surface area contributed by atoms with Crippen LogP contribution in [0.3, 0.4) is 0 Å². The van der Waals surface area contributed by atoms with Crippen molar-refractivity contribution in [3.63, 3.8) is 0 Å². The van der Waals surface area contributed by atoms with Crippen molar-refractivity contribution >= 4 is 5.69 Å². The molecule has 1 fully saturated rings. The van der Waals surface area contributed by atoms with Crippen LogP contribution in [0.4, 0.5) is 5.69 Å². The molecule has 128 valence electrons. The van der Waals surface area contributed by atoms with E-state index in [2.05, 4.69) is 54.0 Å². The van der Waals surface area contributed by atoms with Crippen molar-refractivity contribution < 1.29 is 4.74 Å². The van der Waals surface area contributed by atoms with Crippen LogP contribution in [0.5, 0.6) is 5.75 Å². The summed E-state index contributed by atoms with van der Waals surface area (Å²) in [6, 6.07) is 19.4. The standard InChI is InChI=1S/C21H28N2O/c1-21(17-10-4-3-5-11-17,23-18-12-6-7-13-18)16-22-19-14-8-9-15-20(19)24-2/h3-5,8-11,14-15,18,22-23H,6-7,12-13,16H2,1-2H3. The smallest absolute Gasteiger partial charge is 0.141 e. The first-order valence-electron chi connectivity index (χ1n) is 8.91. The van der Waals surface area contributed by atoms with Crippen LogP contribution in [0.2, 0.25) is 0 Å². The highest BCUT2D eigenvalue weighted by atomic mass is 16.5. The molecule has 1 aliphatic rings. The summed E-state index contributed by atoms with van der Waals surface area (Å²) in [6.07, 6.45) is 5.22. The molecule has 3 heteroatoms. The minimum absolute atomic E-state index is 0.114. The molecule has 3 nitrogen and oxygen atoms in total. The number of anilines is 1. The third-order valence-electron chi connectivity index (χ3n) is 5.03. The Morgan fingerprint density at radius 3 is 2.38 bits per heavy atom. The molecule has 0 spiro atoms. The van der Waals surface area contributed by atoms with Crippen molar-refractivity contribution in [1.82, 2.24) is 5.32 Å². The molecule has 0 heterocycles. The highest BCUT2D eigenvalue weighted by Crippen LogP contribution is 2.29. The first kappa shape index (κ1) is 16.8. The van der Waals surface area contributed by atoms with Crippen LogP contribution < -0.4 is 15.4 Å². The van der Waals surface area contributed by atoms with Crippen LogP contribution in [0.15, 0.2) is 54.6 Å². The summed E-state index contributed by atoms with van der Waals surface area (Å²) in [5, 5.41) is 7.50. The summed E-state index contributed by atoms with van der Waals surface area (Å²) in [5.74, 6) is 0.883. The molecular weight excluding hydrogens is 296 g/mol. The van der Waals surface area contributed by atoms with Crippen molar-refractivity contribution in [2.24, 2.45) is 0 Å². The molecule has 2 N–H and O–H groups in total. The van der Waals surface area contributed by atoms with Crippen LogP contribution in [-0.2, 0) is 5.54 Å². The fourth-order valence-electron chi connectivity index (χ4n) is 3.63. The van der Waals surface area contributed by atoms with Gasteiger partial charge in [-0.15, -0.1) is 0 Å². The lowest BCUT2D eigenvalue weighted by Gasteiger charge is -2.35. The average molecular weight is 324 g/mol. The minimum Gasteiger partial charge on any atom is -0.495 e. The monoisotopic (exact) mass is 324 g/mol. The van der Waals surface area contributed by atoms with Gasteiger partial charge in [-0.05, 0) is 37.5 Å². The van der Waals surface area contributed by atoms with Crippen molar-refractivity contribution in [2.45, 2.75) is 44.2 Å². The summed E-state index contributed by atoms with van der Waals surface area (Å²) < 4.78 is 5.47. The van der Waals surface area contributed by atoms with Gasteiger partial charge >= 0.3 is 0 Å². The van der Waals surface area contributed by atoms with E-state index in [1.165, 1.54) is 31.2 Å². The van der Waals surface area contributed by atoms with Gasteiger partial charge in [0.15, 0.2) is 0 Å².